The van der Waals surface area contributed by atoms with Gasteiger partial charge in [0.25, 0.3) is 0 Å². The van der Waals surface area contributed by atoms with Crippen LogP contribution in [0.1, 0.15) is 70.2 Å². The van der Waals surface area contributed by atoms with Crippen LogP contribution in [0.15, 0.2) is 24.3 Å². The van der Waals surface area contributed by atoms with Gasteiger partial charge >= 0.3 is 0 Å². The van der Waals surface area contributed by atoms with E-state index >= 15 is 0 Å². The number of unbranched alkanes of at least 4 members (excludes halogenated alkanes) is 2. The molecule has 0 aliphatic rings. The Bertz CT molecular complexity index is 976. The van der Waals surface area contributed by atoms with Crippen LogP contribution in [0.2, 0.25) is 0 Å². The predicted octanol–water partition coefficient (Wildman–Crippen LogP) is 5.42. The van der Waals surface area contributed by atoms with Crippen molar-refractivity contribution in [1.29, 1.82) is 0 Å². The van der Waals surface area contributed by atoms with E-state index in [4.69, 9.17) is 4.74 Å². The highest BCUT2D eigenvalue weighted by atomic mass is 16.5. The number of benzene rings is 2. The van der Waals surface area contributed by atoms with E-state index in [0.29, 0.717) is 0 Å². The molecule has 0 amide bonds. The molecule has 2 aromatic carbocycles. The van der Waals surface area contributed by atoms with E-state index < -0.39 is 0 Å². The molecule has 45 heavy (non-hydrogen) atoms. The summed E-state index contributed by atoms with van der Waals surface area (Å²) >= 11 is 0. The molecule has 0 saturated carbocycles. The number of rotatable bonds is 22. The van der Waals surface area contributed by atoms with Crippen molar-refractivity contribution in [3.8, 4) is 0 Å². The van der Waals surface area contributed by atoms with Crippen molar-refractivity contribution in [2.24, 2.45) is 0 Å². The molecule has 0 radical (unpaired) electrons. The maximum absolute atomic E-state index is 6.17. The summed E-state index contributed by atoms with van der Waals surface area (Å²) in [6.07, 6.45) is 6.77. The topological polar surface area (TPSA) is 28.7 Å². The summed E-state index contributed by atoms with van der Waals surface area (Å²) in [5.74, 6) is 0. The Morgan fingerprint density at radius 3 is 0.889 bits per heavy atom. The SMILES string of the molecule is CN(C)Cc1cc(CN(C)C)c(CCCCOCCCCc2c(CN(C)C)cc(CN(C)C)cc2CN(C)C)c(CN(C)C)c1. The first kappa shape index (κ1) is 39.3. The van der Waals surface area contributed by atoms with Gasteiger partial charge in [0, 0.05) is 52.5 Å². The Morgan fingerprint density at radius 1 is 0.378 bits per heavy atom. The van der Waals surface area contributed by atoms with Gasteiger partial charge < -0.3 is 34.1 Å². The van der Waals surface area contributed by atoms with Crippen LogP contribution in [-0.4, -0.2) is 127 Å². The normalized spacial score (nSPS) is 12.3. The molecule has 256 valence electrons. The monoisotopic (exact) mass is 625 g/mol. The maximum Gasteiger partial charge on any atom is 0.0466 e. The Balaban J connectivity index is 1.95. The molecule has 2 rings (SSSR count). The van der Waals surface area contributed by atoms with Gasteiger partial charge in [-0.25, -0.2) is 0 Å². The minimum Gasteiger partial charge on any atom is -0.381 e. The smallest absolute Gasteiger partial charge is 0.0466 e. The molecular formula is C38H68N6O. The molecule has 0 fully saturated rings. The summed E-state index contributed by atoms with van der Waals surface area (Å²) in [6.45, 7) is 7.59. The van der Waals surface area contributed by atoms with Crippen LogP contribution in [0.25, 0.3) is 0 Å². The van der Waals surface area contributed by atoms with Crippen molar-refractivity contribution in [2.45, 2.75) is 77.8 Å². The van der Waals surface area contributed by atoms with Gasteiger partial charge in [-0.05, 0) is 168 Å². The van der Waals surface area contributed by atoms with E-state index in [0.717, 1.165) is 91.0 Å². The van der Waals surface area contributed by atoms with E-state index in [1.54, 1.807) is 11.1 Å². The van der Waals surface area contributed by atoms with Gasteiger partial charge in [0.1, 0.15) is 0 Å². The minimum atomic E-state index is 0.849. The zero-order valence-electron chi connectivity index (χ0n) is 31.3. The first-order chi connectivity index (χ1) is 21.2. The fourth-order valence-electron chi connectivity index (χ4n) is 6.34. The summed E-state index contributed by atoms with van der Waals surface area (Å²) in [6, 6.07) is 9.76. The lowest BCUT2D eigenvalue weighted by atomic mass is 9.92. The molecule has 0 N–H and O–H groups in total. The van der Waals surface area contributed by atoms with Gasteiger partial charge in [-0.3, -0.25) is 0 Å². The van der Waals surface area contributed by atoms with Crippen molar-refractivity contribution >= 4 is 0 Å². The van der Waals surface area contributed by atoms with Crippen LogP contribution in [-0.2, 0) is 56.8 Å². The molecule has 0 spiro atoms. The van der Waals surface area contributed by atoms with Gasteiger partial charge in [-0.2, -0.15) is 0 Å². The standard InChI is InChI=1S/C38H68N6O/c1-39(2)25-31-21-33(27-41(5)6)37(34(22-31)28-42(7)8)17-13-15-19-45-20-16-14-18-38-35(29-43(9)10)23-32(26-40(3)4)24-36(38)30-44(11)12/h21-24H,13-20,25-30H2,1-12H3. The molecule has 0 saturated heterocycles. The van der Waals surface area contributed by atoms with Crippen LogP contribution >= 0.6 is 0 Å². The number of hydrogen-bond donors (Lipinski definition) is 0. The fourth-order valence-corrected chi connectivity index (χ4v) is 6.34. The third-order valence-corrected chi connectivity index (χ3v) is 7.86. The number of ether oxygens (including phenoxy) is 1. The molecule has 2 aromatic rings. The van der Waals surface area contributed by atoms with E-state index in [2.05, 4.69) is 138 Å². The van der Waals surface area contributed by atoms with Crippen molar-refractivity contribution < 1.29 is 4.74 Å². The molecule has 7 heteroatoms. The summed E-state index contributed by atoms with van der Waals surface area (Å²) in [5, 5.41) is 0. The zero-order chi connectivity index (χ0) is 33.5. The summed E-state index contributed by atoms with van der Waals surface area (Å²) in [7, 11) is 26.0. The van der Waals surface area contributed by atoms with E-state index in [-0.39, 0.29) is 0 Å². The number of hydrogen-bond acceptors (Lipinski definition) is 7. The van der Waals surface area contributed by atoms with Crippen molar-refractivity contribution in [3.05, 3.63) is 68.8 Å². The summed E-state index contributed by atoms with van der Waals surface area (Å²) in [5.41, 5.74) is 11.8. The molecule has 7 nitrogen and oxygen atoms in total. The Kier molecular flexibility index (Phi) is 17.8. The first-order valence-electron chi connectivity index (χ1n) is 17.0. The molecule has 0 aliphatic carbocycles. The molecule has 0 heterocycles. The Hall–Kier alpha value is -1.84. The number of nitrogens with zero attached hydrogens (tertiary/aromatic N) is 6. The predicted molar refractivity (Wildman–Crippen MR) is 194 cm³/mol. The van der Waals surface area contributed by atoms with Crippen LogP contribution in [0.5, 0.6) is 0 Å². The van der Waals surface area contributed by atoms with Gasteiger partial charge in [0.15, 0.2) is 0 Å². The maximum atomic E-state index is 6.17. The van der Waals surface area contributed by atoms with Crippen molar-refractivity contribution in [1.82, 2.24) is 29.4 Å². The Morgan fingerprint density at radius 2 is 0.644 bits per heavy atom. The Labute approximate surface area is 278 Å². The van der Waals surface area contributed by atoms with Crippen molar-refractivity contribution in [2.75, 3.05) is 97.8 Å². The second-order valence-electron chi connectivity index (χ2n) is 14.7. The molecule has 0 aromatic heterocycles. The third kappa shape index (κ3) is 15.5. The average molecular weight is 625 g/mol. The summed E-state index contributed by atoms with van der Waals surface area (Å²) in [4.78, 5) is 13.7. The largest absolute Gasteiger partial charge is 0.381 e. The highest BCUT2D eigenvalue weighted by Gasteiger charge is 2.15. The first-order valence-corrected chi connectivity index (χ1v) is 17.0. The summed E-state index contributed by atoms with van der Waals surface area (Å²) < 4.78 is 6.17. The lowest BCUT2D eigenvalue weighted by Gasteiger charge is -2.23. The third-order valence-electron chi connectivity index (χ3n) is 7.86. The van der Waals surface area contributed by atoms with E-state index in [1.807, 2.05) is 0 Å². The minimum absolute atomic E-state index is 0.849. The molecule has 0 atom stereocenters. The molecule has 0 bridgehead atoms. The second kappa shape index (κ2) is 20.4. The highest BCUT2D eigenvalue weighted by molar-refractivity contribution is 5.41. The molecule has 0 unspecified atom stereocenters. The van der Waals surface area contributed by atoms with Crippen LogP contribution in [0, 0.1) is 0 Å². The van der Waals surface area contributed by atoms with Crippen LogP contribution in [0.3, 0.4) is 0 Å². The van der Waals surface area contributed by atoms with Gasteiger partial charge in [-0.15, -0.1) is 0 Å². The zero-order valence-corrected chi connectivity index (χ0v) is 31.3. The molecular weight excluding hydrogens is 556 g/mol. The van der Waals surface area contributed by atoms with Crippen LogP contribution in [0.4, 0.5) is 0 Å². The molecule has 0 aliphatic heterocycles. The highest BCUT2D eigenvalue weighted by Crippen LogP contribution is 2.25. The quantitative estimate of drug-likeness (QED) is 0.162. The lowest BCUT2D eigenvalue weighted by Crippen LogP contribution is -2.19. The van der Waals surface area contributed by atoms with E-state index in [9.17, 15) is 0 Å². The average Bonchev–Trinajstić information content (AvgIpc) is 2.88. The second-order valence-corrected chi connectivity index (χ2v) is 14.7. The van der Waals surface area contributed by atoms with Crippen molar-refractivity contribution in [3.63, 3.8) is 0 Å². The van der Waals surface area contributed by atoms with Gasteiger partial charge in [0.05, 0.1) is 0 Å². The fraction of sp³-hybridized carbons (Fsp3) is 0.684. The van der Waals surface area contributed by atoms with Gasteiger partial charge in [0.2, 0.25) is 0 Å². The van der Waals surface area contributed by atoms with E-state index in [1.165, 1.54) is 33.4 Å². The van der Waals surface area contributed by atoms with Gasteiger partial charge in [-0.1, -0.05) is 24.3 Å². The lowest BCUT2D eigenvalue weighted by molar-refractivity contribution is 0.127. The van der Waals surface area contributed by atoms with Crippen LogP contribution < -0.4 is 0 Å².